The van der Waals surface area contributed by atoms with Crippen molar-refractivity contribution in [2.24, 2.45) is 5.92 Å². The van der Waals surface area contributed by atoms with Crippen LogP contribution in [0.1, 0.15) is 27.2 Å². The van der Waals surface area contributed by atoms with Gasteiger partial charge in [0.05, 0.1) is 12.7 Å². The van der Waals surface area contributed by atoms with Crippen molar-refractivity contribution in [3.8, 4) is 0 Å². The third-order valence-corrected chi connectivity index (χ3v) is 2.89. The van der Waals surface area contributed by atoms with E-state index in [0.29, 0.717) is 12.5 Å². The van der Waals surface area contributed by atoms with Crippen LogP contribution in [0.4, 0.5) is 0 Å². The SMILES string of the molecule is CC(C)C(C)NC(=O)CNCCCn1ccnn1. The van der Waals surface area contributed by atoms with Gasteiger partial charge in [-0.25, -0.2) is 0 Å². The molecule has 0 spiro atoms. The predicted octanol–water partition coefficient (Wildman–Crippen LogP) is 0.419. The Labute approximate surface area is 108 Å². The fourth-order valence-electron chi connectivity index (χ4n) is 1.39. The second kappa shape index (κ2) is 7.81. The molecule has 0 aliphatic carbocycles. The number of aromatic nitrogens is 3. The van der Waals surface area contributed by atoms with E-state index < -0.39 is 0 Å². The van der Waals surface area contributed by atoms with Crippen molar-refractivity contribution < 1.29 is 4.79 Å². The lowest BCUT2D eigenvalue weighted by Crippen LogP contribution is -2.41. The van der Waals surface area contributed by atoms with Crippen LogP contribution >= 0.6 is 0 Å². The van der Waals surface area contributed by atoms with Gasteiger partial charge >= 0.3 is 0 Å². The topological polar surface area (TPSA) is 71.8 Å². The maximum Gasteiger partial charge on any atom is 0.234 e. The Morgan fingerprint density at radius 1 is 1.39 bits per heavy atom. The third-order valence-electron chi connectivity index (χ3n) is 2.89. The summed E-state index contributed by atoms with van der Waals surface area (Å²) in [7, 11) is 0. The fourth-order valence-corrected chi connectivity index (χ4v) is 1.39. The molecule has 1 aromatic heterocycles. The minimum absolute atomic E-state index is 0.0527. The molecule has 18 heavy (non-hydrogen) atoms. The molecule has 6 heteroatoms. The van der Waals surface area contributed by atoms with E-state index in [-0.39, 0.29) is 11.9 Å². The number of aryl methyl sites for hydroxylation is 1. The number of amides is 1. The van der Waals surface area contributed by atoms with E-state index in [0.717, 1.165) is 19.5 Å². The van der Waals surface area contributed by atoms with Crippen LogP contribution in [0.25, 0.3) is 0 Å². The number of carbonyl (C=O) groups is 1. The highest BCUT2D eigenvalue weighted by Crippen LogP contribution is 1.98. The molecule has 0 aliphatic heterocycles. The monoisotopic (exact) mass is 253 g/mol. The smallest absolute Gasteiger partial charge is 0.234 e. The van der Waals surface area contributed by atoms with E-state index >= 15 is 0 Å². The second-order valence-corrected chi connectivity index (χ2v) is 4.80. The van der Waals surface area contributed by atoms with Crippen molar-refractivity contribution in [2.45, 2.75) is 39.8 Å². The Hall–Kier alpha value is -1.43. The average molecular weight is 253 g/mol. The van der Waals surface area contributed by atoms with Crippen LogP contribution in [-0.2, 0) is 11.3 Å². The molecule has 1 amide bonds. The first-order valence-electron chi connectivity index (χ1n) is 6.43. The van der Waals surface area contributed by atoms with Crippen LogP contribution in [0.3, 0.4) is 0 Å². The van der Waals surface area contributed by atoms with Crippen molar-refractivity contribution in [1.29, 1.82) is 0 Å². The summed E-state index contributed by atoms with van der Waals surface area (Å²) >= 11 is 0. The summed E-state index contributed by atoms with van der Waals surface area (Å²) in [5.41, 5.74) is 0. The van der Waals surface area contributed by atoms with Crippen molar-refractivity contribution >= 4 is 5.91 Å². The minimum atomic E-state index is 0.0527. The van der Waals surface area contributed by atoms with Gasteiger partial charge in [0.25, 0.3) is 0 Å². The Morgan fingerprint density at radius 2 is 2.17 bits per heavy atom. The van der Waals surface area contributed by atoms with E-state index in [4.69, 9.17) is 0 Å². The van der Waals surface area contributed by atoms with Crippen LogP contribution in [0.2, 0.25) is 0 Å². The van der Waals surface area contributed by atoms with Gasteiger partial charge in [-0.1, -0.05) is 19.1 Å². The summed E-state index contributed by atoms with van der Waals surface area (Å²) in [4.78, 5) is 11.5. The summed E-state index contributed by atoms with van der Waals surface area (Å²) in [6, 6.07) is 0.217. The zero-order valence-corrected chi connectivity index (χ0v) is 11.4. The molecule has 0 fully saturated rings. The van der Waals surface area contributed by atoms with E-state index in [1.54, 1.807) is 10.9 Å². The molecule has 0 bridgehead atoms. The molecule has 1 aromatic rings. The van der Waals surface area contributed by atoms with E-state index in [1.807, 2.05) is 13.1 Å². The van der Waals surface area contributed by atoms with Crippen LogP contribution in [0.15, 0.2) is 12.4 Å². The maximum atomic E-state index is 11.5. The number of rotatable bonds is 8. The standard InChI is InChI=1S/C12H23N5O/c1-10(2)11(3)15-12(18)9-13-5-4-7-17-8-6-14-16-17/h6,8,10-11,13H,4-5,7,9H2,1-3H3,(H,15,18). The van der Waals surface area contributed by atoms with Gasteiger partial charge in [0.15, 0.2) is 0 Å². The highest BCUT2D eigenvalue weighted by molar-refractivity contribution is 5.78. The number of carbonyl (C=O) groups excluding carboxylic acids is 1. The Bertz CT molecular complexity index is 336. The van der Waals surface area contributed by atoms with E-state index in [2.05, 4.69) is 34.8 Å². The first-order chi connectivity index (χ1) is 8.59. The zero-order chi connectivity index (χ0) is 13.4. The molecule has 0 aromatic carbocycles. The van der Waals surface area contributed by atoms with Gasteiger partial charge in [-0.2, -0.15) is 0 Å². The molecule has 0 aliphatic rings. The molecule has 0 saturated heterocycles. The maximum absolute atomic E-state index is 11.5. The summed E-state index contributed by atoms with van der Waals surface area (Å²) < 4.78 is 1.78. The summed E-state index contributed by atoms with van der Waals surface area (Å²) in [6.45, 7) is 8.19. The summed E-state index contributed by atoms with van der Waals surface area (Å²) in [5.74, 6) is 0.512. The number of hydrogen-bond acceptors (Lipinski definition) is 4. The largest absolute Gasteiger partial charge is 0.352 e. The van der Waals surface area contributed by atoms with Crippen molar-refractivity contribution in [3.63, 3.8) is 0 Å². The van der Waals surface area contributed by atoms with Crippen molar-refractivity contribution in [3.05, 3.63) is 12.4 Å². The Kier molecular flexibility index (Phi) is 6.35. The molecule has 1 rings (SSSR count). The summed E-state index contributed by atoms with van der Waals surface area (Å²) in [6.07, 6.45) is 4.42. The molecule has 6 nitrogen and oxygen atoms in total. The lowest BCUT2D eigenvalue weighted by atomic mass is 10.1. The van der Waals surface area contributed by atoms with E-state index in [1.165, 1.54) is 0 Å². The average Bonchev–Trinajstić information content (AvgIpc) is 2.81. The third kappa shape index (κ3) is 5.77. The lowest BCUT2D eigenvalue weighted by molar-refractivity contribution is -0.121. The van der Waals surface area contributed by atoms with Crippen LogP contribution in [0.5, 0.6) is 0 Å². The van der Waals surface area contributed by atoms with Gasteiger partial charge in [0.1, 0.15) is 0 Å². The molecular weight excluding hydrogens is 230 g/mol. The van der Waals surface area contributed by atoms with E-state index in [9.17, 15) is 4.79 Å². The number of nitrogens with zero attached hydrogens (tertiary/aromatic N) is 3. The molecule has 0 radical (unpaired) electrons. The highest BCUT2D eigenvalue weighted by atomic mass is 16.1. The van der Waals surface area contributed by atoms with Gasteiger partial charge in [-0.3, -0.25) is 9.48 Å². The molecule has 1 unspecified atom stereocenters. The molecule has 1 heterocycles. The molecule has 2 N–H and O–H groups in total. The molecular formula is C12H23N5O. The second-order valence-electron chi connectivity index (χ2n) is 4.80. The minimum Gasteiger partial charge on any atom is -0.352 e. The van der Waals surface area contributed by atoms with Gasteiger partial charge in [-0.05, 0) is 25.8 Å². The summed E-state index contributed by atoms with van der Waals surface area (Å²) in [5, 5.41) is 13.7. The quantitative estimate of drug-likeness (QED) is 0.659. The Morgan fingerprint density at radius 3 is 2.78 bits per heavy atom. The fraction of sp³-hybridized carbons (Fsp3) is 0.750. The first-order valence-corrected chi connectivity index (χ1v) is 6.43. The van der Waals surface area contributed by atoms with Crippen molar-refractivity contribution in [2.75, 3.05) is 13.1 Å². The molecule has 102 valence electrons. The number of nitrogens with one attached hydrogen (secondary N) is 2. The zero-order valence-electron chi connectivity index (χ0n) is 11.4. The van der Waals surface area contributed by atoms with Gasteiger partial charge in [0.2, 0.25) is 5.91 Å². The van der Waals surface area contributed by atoms with Crippen LogP contribution in [-0.4, -0.2) is 40.0 Å². The first kappa shape index (κ1) is 14.6. The molecule has 1 atom stereocenters. The number of hydrogen-bond donors (Lipinski definition) is 2. The van der Waals surface area contributed by atoms with Crippen LogP contribution in [0, 0.1) is 5.92 Å². The predicted molar refractivity (Wildman–Crippen MR) is 70.0 cm³/mol. The van der Waals surface area contributed by atoms with Gasteiger partial charge in [-0.15, -0.1) is 5.10 Å². The Balaban J connectivity index is 2.02. The highest BCUT2D eigenvalue weighted by Gasteiger charge is 2.09. The van der Waals surface area contributed by atoms with Gasteiger partial charge in [0, 0.05) is 18.8 Å². The molecule has 0 saturated carbocycles. The van der Waals surface area contributed by atoms with Crippen molar-refractivity contribution in [1.82, 2.24) is 25.6 Å². The van der Waals surface area contributed by atoms with Gasteiger partial charge < -0.3 is 10.6 Å². The normalized spacial score (nSPS) is 12.7. The van der Waals surface area contributed by atoms with Crippen LogP contribution < -0.4 is 10.6 Å². The lowest BCUT2D eigenvalue weighted by Gasteiger charge is -2.17.